The molecule has 0 spiro atoms. The van der Waals surface area contributed by atoms with Crippen LogP contribution in [0.3, 0.4) is 0 Å². The molecule has 2 atom stereocenters. The van der Waals surface area contributed by atoms with Crippen molar-refractivity contribution in [2.45, 2.75) is 38.9 Å². The van der Waals surface area contributed by atoms with Crippen molar-refractivity contribution in [1.82, 2.24) is 0 Å². The number of rotatable bonds is 5. The van der Waals surface area contributed by atoms with Crippen LogP contribution in [0.1, 0.15) is 26.7 Å². The van der Waals surface area contributed by atoms with Crippen LogP contribution in [-0.4, -0.2) is 22.4 Å². The summed E-state index contributed by atoms with van der Waals surface area (Å²) in [6.07, 6.45) is 0.442. The maximum Gasteiger partial charge on any atom is 0.158 e. The number of hydrogen-bond acceptors (Lipinski definition) is 3. The van der Waals surface area contributed by atoms with Crippen LogP contribution < -0.4 is 4.74 Å². The lowest BCUT2D eigenvalue weighted by Gasteiger charge is -2.22. The predicted octanol–water partition coefficient (Wildman–Crippen LogP) is 4.28. The summed E-state index contributed by atoms with van der Waals surface area (Å²) in [5.74, 6) is -0.107. The molecule has 0 fully saturated rings. The number of phenolic OH excluding ortho intramolecular Hbond substituents is 1. The molecule has 1 aromatic rings. The second-order valence-corrected chi connectivity index (χ2v) is 5.18. The standard InChI is InChI=1S/C12H15Cl3O3/c1-3-4-8(6(2)16)18-9-5-7(13)10(14)12(17)11(9)15/h5-6,8,16-17H,3-4H2,1-2H3. The summed E-state index contributed by atoms with van der Waals surface area (Å²) in [4.78, 5) is 0. The molecule has 3 nitrogen and oxygen atoms in total. The van der Waals surface area contributed by atoms with E-state index in [4.69, 9.17) is 39.5 Å². The molecule has 18 heavy (non-hydrogen) atoms. The molecule has 2 N–H and O–H groups in total. The summed E-state index contributed by atoms with van der Waals surface area (Å²) in [7, 11) is 0. The smallest absolute Gasteiger partial charge is 0.158 e. The molecule has 0 aliphatic heterocycles. The first-order valence-corrected chi connectivity index (χ1v) is 6.73. The number of ether oxygens (including phenoxy) is 1. The van der Waals surface area contributed by atoms with Gasteiger partial charge in [0.05, 0.1) is 11.1 Å². The molecular weight excluding hydrogens is 298 g/mol. The number of hydrogen-bond donors (Lipinski definition) is 2. The fourth-order valence-electron chi connectivity index (χ4n) is 1.50. The van der Waals surface area contributed by atoms with E-state index in [0.29, 0.717) is 6.42 Å². The fraction of sp³-hybridized carbons (Fsp3) is 0.500. The number of aliphatic hydroxyl groups excluding tert-OH is 1. The molecule has 0 amide bonds. The maximum atomic E-state index is 9.66. The molecule has 0 aromatic heterocycles. The van der Waals surface area contributed by atoms with Crippen molar-refractivity contribution in [3.8, 4) is 11.5 Å². The minimum absolute atomic E-state index is 0.00819. The van der Waals surface area contributed by atoms with E-state index in [-0.39, 0.29) is 26.6 Å². The minimum Gasteiger partial charge on any atom is -0.505 e. The molecule has 0 aliphatic rings. The van der Waals surface area contributed by atoms with Crippen molar-refractivity contribution in [1.29, 1.82) is 0 Å². The highest BCUT2D eigenvalue weighted by molar-refractivity contribution is 6.45. The molecule has 2 unspecified atom stereocenters. The first kappa shape index (κ1) is 15.7. The number of phenols is 1. The molecule has 1 rings (SSSR count). The summed E-state index contributed by atoms with van der Waals surface area (Å²) in [5.41, 5.74) is 0. The van der Waals surface area contributed by atoms with Gasteiger partial charge in [0.25, 0.3) is 0 Å². The third-order valence-electron chi connectivity index (χ3n) is 2.49. The monoisotopic (exact) mass is 312 g/mol. The zero-order valence-corrected chi connectivity index (χ0v) is 12.4. The Hall–Kier alpha value is -0.350. The Morgan fingerprint density at radius 3 is 2.39 bits per heavy atom. The van der Waals surface area contributed by atoms with Gasteiger partial charge in [-0.1, -0.05) is 48.1 Å². The van der Waals surface area contributed by atoms with E-state index >= 15 is 0 Å². The summed E-state index contributed by atoms with van der Waals surface area (Å²) in [6.45, 7) is 3.61. The van der Waals surface area contributed by atoms with Crippen molar-refractivity contribution in [3.63, 3.8) is 0 Å². The van der Waals surface area contributed by atoms with Gasteiger partial charge in [0, 0.05) is 6.07 Å². The Balaban J connectivity index is 3.03. The first-order chi connectivity index (χ1) is 8.38. The quantitative estimate of drug-likeness (QED) is 0.798. The van der Waals surface area contributed by atoms with E-state index in [2.05, 4.69) is 0 Å². The Kier molecular flexibility index (Phi) is 5.86. The summed E-state index contributed by atoms with van der Waals surface area (Å²) >= 11 is 17.5. The molecular formula is C12H15Cl3O3. The second kappa shape index (κ2) is 6.71. The van der Waals surface area contributed by atoms with E-state index < -0.39 is 12.2 Å². The van der Waals surface area contributed by atoms with Gasteiger partial charge in [0.1, 0.15) is 21.9 Å². The van der Waals surface area contributed by atoms with E-state index in [9.17, 15) is 10.2 Å². The lowest BCUT2D eigenvalue weighted by Crippen LogP contribution is -2.29. The number of aliphatic hydroxyl groups is 1. The van der Waals surface area contributed by atoms with Crippen LogP contribution in [0.2, 0.25) is 15.1 Å². The molecule has 0 heterocycles. The molecule has 0 bridgehead atoms. The molecule has 0 saturated heterocycles. The topological polar surface area (TPSA) is 49.7 Å². The van der Waals surface area contributed by atoms with Gasteiger partial charge in [-0.15, -0.1) is 0 Å². The third kappa shape index (κ3) is 3.58. The molecule has 0 saturated carbocycles. The largest absolute Gasteiger partial charge is 0.505 e. The van der Waals surface area contributed by atoms with Gasteiger partial charge in [0.2, 0.25) is 0 Å². The van der Waals surface area contributed by atoms with Gasteiger partial charge in [-0.3, -0.25) is 0 Å². The predicted molar refractivity (Wildman–Crippen MR) is 74.1 cm³/mol. The first-order valence-electron chi connectivity index (χ1n) is 5.59. The van der Waals surface area contributed by atoms with Crippen molar-refractivity contribution in [2.24, 2.45) is 0 Å². The molecule has 0 aliphatic carbocycles. The number of benzene rings is 1. The highest BCUT2D eigenvalue weighted by atomic mass is 35.5. The van der Waals surface area contributed by atoms with Gasteiger partial charge >= 0.3 is 0 Å². The lowest BCUT2D eigenvalue weighted by molar-refractivity contribution is 0.0429. The van der Waals surface area contributed by atoms with Crippen LogP contribution in [0.4, 0.5) is 0 Å². The summed E-state index contributed by atoms with van der Waals surface area (Å²) < 4.78 is 5.58. The Bertz CT molecular complexity index is 422. The van der Waals surface area contributed by atoms with E-state index in [1.807, 2.05) is 6.92 Å². The SMILES string of the molecule is CCCC(Oc1cc(Cl)c(Cl)c(O)c1Cl)C(C)O. The van der Waals surface area contributed by atoms with Crippen LogP contribution in [0, 0.1) is 0 Å². The van der Waals surface area contributed by atoms with Gasteiger partial charge in [-0.25, -0.2) is 0 Å². The van der Waals surface area contributed by atoms with Crippen LogP contribution >= 0.6 is 34.8 Å². The average Bonchev–Trinajstić information content (AvgIpc) is 2.32. The molecule has 1 aromatic carbocycles. The third-order valence-corrected chi connectivity index (χ3v) is 3.63. The highest BCUT2D eigenvalue weighted by Gasteiger charge is 2.21. The average molecular weight is 314 g/mol. The molecule has 102 valence electrons. The van der Waals surface area contributed by atoms with Crippen molar-refractivity contribution in [2.75, 3.05) is 0 Å². The van der Waals surface area contributed by atoms with Gasteiger partial charge in [-0.05, 0) is 13.3 Å². The lowest BCUT2D eigenvalue weighted by atomic mass is 10.1. The van der Waals surface area contributed by atoms with Crippen LogP contribution in [0.15, 0.2) is 6.07 Å². The Labute approximate surface area is 121 Å². The Morgan fingerprint density at radius 2 is 1.89 bits per heavy atom. The van der Waals surface area contributed by atoms with Gasteiger partial charge in [0.15, 0.2) is 5.75 Å². The van der Waals surface area contributed by atoms with Gasteiger partial charge < -0.3 is 14.9 Å². The summed E-state index contributed by atoms with van der Waals surface area (Å²) in [6, 6.07) is 1.43. The summed E-state index contributed by atoms with van der Waals surface area (Å²) in [5, 5.41) is 19.4. The van der Waals surface area contributed by atoms with Crippen LogP contribution in [0.5, 0.6) is 11.5 Å². The maximum absolute atomic E-state index is 9.66. The highest BCUT2D eigenvalue weighted by Crippen LogP contribution is 2.43. The number of halogens is 3. The number of aromatic hydroxyl groups is 1. The van der Waals surface area contributed by atoms with E-state index in [0.717, 1.165) is 6.42 Å². The molecule has 6 heteroatoms. The zero-order chi connectivity index (χ0) is 13.9. The Morgan fingerprint density at radius 1 is 1.28 bits per heavy atom. The van der Waals surface area contributed by atoms with Crippen molar-refractivity contribution in [3.05, 3.63) is 21.1 Å². The van der Waals surface area contributed by atoms with Gasteiger partial charge in [-0.2, -0.15) is 0 Å². The fourth-order valence-corrected chi connectivity index (χ4v) is 2.08. The van der Waals surface area contributed by atoms with Crippen molar-refractivity contribution >= 4 is 34.8 Å². The normalized spacial score (nSPS) is 14.3. The zero-order valence-electron chi connectivity index (χ0n) is 10.1. The van der Waals surface area contributed by atoms with E-state index in [1.165, 1.54) is 6.07 Å². The van der Waals surface area contributed by atoms with Crippen LogP contribution in [0.25, 0.3) is 0 Å². The van der Waals surface area contributed by atoms with Crippen LogP contribution in [-0.2, 0) is 0 Å². The second-order valence-electron chi connectivity index (χ2n) is 4.02. The molecule has 0 radical (unpaired) electrons. The minimum atomic E-state index is -0.655. The van der Waals surface area contributed by atoms with E-state index in [1.54, 1.807) is 6.92 Å². The van der Waals surface area contributed by atoms with Crippen molar-refractivity contribution < 1.29 is 14.9 Å².